The molecule has 1 saturated carbocycles. The summed E-state index contributed by atoms with van der Waals surface area (Å²) in [5.41, 5.74) is 2.28. The molecule has 0 unspecified atom stereocenters. The largest absolute Gasteiger partial charge is 0.493 e. The van der Waals surface area contributed by atoms with Crippen LogP contribution in [0.25, 0.3) is 0 Å². The monoisotopic (exact) mass is 426 g/mol. The lowest BCUT2D eigenvalue weighted by atomic mass is 9.77. The van der Waals surface area contributed by atoms with Gasteiger partial charge in [0.2, 0.25) is 0 Å². The van der Waals surface area contributed by atoms with E-state index in [1.54, 1.807) is 18.6 Å². The van der Waals surface area contributed by atoms with Gasteiger partial charge in [-0.3, -0.25) is 9.88 Å². The highest BCUT2D eigenvalue weighted by atomic mass is 16.5. The highest BCUT2D eigenvalue weighted by molar-refractivity contribution is 5.49. The number of nitrogens with zero attached hydrogens (tertiary/aromatic N) is 3. The average Bonchev–Trinajstić information content (AvgIpc) is 3.14. The Balaban J connectivity index is 1.43. The average molecular weight is 427 g/mol. The summed E-state index contributed by atoms with van der Waals surface area (Å²) in [6.45, 7) is 10.3. The fraction of sp³-hybridized carbons (Fsp3) is 0.583. The van der Waals surface area contributed by atoms with E-state index in [1.165, 1.54) is 5.56 Å². The first kappa shape index (κ1) is 21.8. The number of benzene rings is 1. The molecule has 31 heavy (non-hydrogen) atoms. The smallest absolute Gasteiger partial charge is 0.144 e. The molecule has 2 heterocycles. The van der Waals surface area contributed by atoms with Crippen molar-refractivity contribution in [3.05, 3.63) is 41.9 Å². The Morgan fingerprint density at radius 2 is 1.87 bits per heavy atom. The molecule has 2 fully saturated rings. The zero-order chi connectivity index (χ0) is 21.8. The molecule has 0 radical (unpaired) electrons. The lowest BCUT2D eigenvalue weighted by molar-refractivity contribution is 0.0735. The third-order valence-electron chi connectivity index (χ3n) is 6.53. The van der Waals surface area contributed by atoms with Crippen molar-refractivity contribution in [2.75, 3.05) is 31.6 Å². The van der Waals surface area contributed by atoms with E-state index in [2.05, 4.69) is 39.2 Å². The van der Waals surface area contributed by atoms with E-state index in [0.717, 1.165) is 55.4 Å². The molecule has 4 rings (SSSR count). The summed E-state index contributed by atoms with van der Waals surface area (Å²) in [6.07, 6.45) is 6.44. The van der Waals surface area contributed by atoms with E-state index in [0.29, 0.717) is 25.0 Å². The number of likely N-dealkylation sites (tertiary alicyclic amines) is 1. The molecule has 1 aromatic carbocycles. The van der Waals surface area contributed by atoms with E-state index >= 15 is 0 Å². The molecule has 1 saturated heterocycles. The maximum Gasteiger partial charge on any atom is 0.144 e. The van der Waals surface area contributed by atoms with Gasteiger partial charge in [-0.2, -0.15) is 0 Å². The normalized spacial score (nSPS) is 25.8. The number of ether oxygens (including phenoxy) is 2. The molecule has 0 bridgehead atoms. The van der Waals surface area contributed by atoms with Gasteiger partial charge < -0.3 is 19.9 Å². The highest BCUT2D eigenvalue weighted by Gasteiger charge is 2.41. The molecule has 2 N–H and O–H groups in total. The predicted octanol–water partition coefficient (Wildman–Crippen LogP) is 3.27. The Bertz CT molecular complexity index is 863. The molecule has 1 aromatic heterocycles. The molecule has 2 aliphatic rings. The van der Waals surface area contributed by atoms with Gasteiger partial charge in [0, 0.05) is 43.2 Å². The van der Waals surface area contributed by atoms with Crippen molar-refractivity contribution in [1.29, 1.82) is 0 Å². The van der Waals surface area contributed by atoms with Gasteiger partial charge in [-0.05, 0) is 51.5 Å². The third kappa shape index (κ3) is 4.93. The zero-order valence-electron chi connectivity index (χ0n) is 18.8. The Morgan fingerprint density at radius 1 is 1.10 bits per heavy atom. The molecule has 1 aliphatic carbocycles. The van der Waals surface area contributed by atoms with E-state index in [9.17, 15) is 5.11 Å². The lowest BCUT2D eigenvalue weighted by Gasteiger charge is -2.35. The Kier molecular flexibility index (Phi) is 6.92. The van der Waals surface area contributed by atoms with Gasteiger partial charge in [0.15, 0.2) is 0 Å². The van der Waals surface area contributed by atoms with Crippen molar-refractivity contribution in [2.45, 2.75) is 52.3 Å². The lowest BCUT2D eigenvalue weighted by Crippen LogP contribution is -2.43. The van der Waals surface area contributed by atoms with Gasteiger partial charge in [0.25, 0.3) is 0 Å². The van der Waals surface area contributed by atoms with Gasteiger partial charge in [0.05, 0.1) is 31.6 Å². The summed E-state index contributed by atoms with van der Waals surface area (Å²) >= 11 is 0. The van der Waals surface area contributed by atoms with Gasteiger partial charge in [0.1, 0.15) is 17.3 Å². The number of aromatic nitrogens is 2. The summed E-state index contributed by atoms with van der Waals surface area (Å²) < 4.78 is 11.8. The van der Waals surface area contributed by atoms with Gasteiger partial charge in [-0.25, -0.2) is 4.98 Å². The first-order valence-corrected chi connectivity index (χ1v) is 11.4. The van der Waals surface area contributed by atoms with Gasteiger partial charge in [-0.15, -0.1) is 0 Å². The third-order valence-corrected chi connectivity index (χ3v) is 6.53. The quantitative estimate of drug-likeness (QED) is 0.671. The molecule has 7 heteroatoms. The molecule has 1 aliphatic heterocycles. The molecule has 7 nitrogen and oxygen atoms in total. The van der Waals surface area contributed by atoms with Crippen molar-refractivity contribution < 1.29 is 14.6 Å². The Hall–Kier alpha value is -2.38. The maximum absolute atomic E-state index is 10.7. The minimum atomic E-state index is -0.366. The number of fused-ring (bicyclic) bond motifs is 1. The van der Waals surface area contributed by atoms with Crippen LogP contribution in [0.1, 0.15) is 37.8 Å². The predicted molar refractivity (Wildman–Crippen MR) is 120 cm³/mol. The fourth-order valence-electron chi connectivity index (χ4n) is 5.13. The molecule has 0 amide bonds. The Labute approximate surface area is 184 Å². The number of hydrogen-bond acceptors (Lipinski definition) is 7. The van der Waals surface area contributed by atoms with Gasteiger partial charge >= 0.3 is 0 Å². The first-order chi connectivity index (χ1) is 15.1. The second-order valence-corrected chi connectivity index (χ2v) is 8.64. The van der Waals surface area contributed by atoms with Crippen LogP contribution in [-0.4, -0.2) is 58.4 Å². The summed E-state index contributed by atoms with van der Waals surface area (Å²) in [6, 6.07) is 4.22. The van der Waals surface area contributed by atoms with E-state index in [1.807, 2.05) is 13.8 Å². The summed E-state index contributed by atoms with van der Waals surface area (Å²) in [4.78, 5) is 10.9. The molecule has 0 spiro atoms. The van der Waals surface area contributed by atoms with Crippen LogP contribution in [0, 0.1) is 18.8 Å². The summed E-state index contributed by atoms with van der Waals surface area (Å²) in [5, 5.41) is 14.1. The highest BCUT2D eigenvalue weighted by Crippen LogP contribution is 2.39. The number of nitrogens with one attached hydrogen (secondary N) is 1. The van der Waals surface area contributed by atoms with Crippen LogP contribution in [0.3, 0.4) is 0 Å². The van der Waals surface area contributed by atoms with Crippen molar-refractivity contribution in [1.82, 2.24) is 14.9 Å². The maximum atomic E-state index is 10.7. The molecular formula is C24H34N4O3. The minimum absolute atomic E-state index is 0.0182. The number of rotatable bonds is 8. The molecule has 2 aromatic rings. The fourth-order valence-corrected chi connectivity index (χ4v) is 5.13. The number of aliphatic hydroxyl groups excluding tert-OH is 1. The van der Waals surface area contributed by atoms with Crippen molar-refractivity contribution in [2.24, 2.45) is 11.8 Å². The number of anilines is 1. The SMILES string of the molecule is CCOc1ccc(CN2C[C@H]3C[C@@H](Nc4cnccn4)[C@H](O)C[C@H]3C2)c(OCC)c1C. The molecule has 4 atom stereocenters. The van der Waals surface area contributed by atoms with Crippen LogP contribution in [-0.2, 0) is 6.54 Å². The van der Waals surface area contributed by atoms with Crippen LogP contribution in [0.4, 0.5) is 5.82 Å². The summed E-state index contributed by atoms with van der Waals surface area (Å²) in [5.74, 6) is 3.66. The van der Waals surface area contributed by atoms with Crippen LogP contribution in [0.2, 0.25) is 0 Å². The van der Waals surface area contributed by atoms with E-state index in [4.69, 9.17) is 9.47 Å². The standard InChI is InChI=1S/C24H34N4O3/c1-4-30-22-7-6-17(24(16(22)3)31-5-2)13-28-14-18-10-20(21(29)11-19(18)15-28)27-23-12-25-8-9-26-23/h6-9,12,18-21,29H,4-5,10-11,13-15H2,1-3H3,(H,26,27)/t18-,19+,20-,21-/m1/s1. The van der Waals surface area contributed by atoms with E-state index < -0.39 is 0 Å². The first-order valence-electron chi connectivity index (χ1n) is 11.4. The second-order valence-electron chi connectivity index (χ2n) is 8.64. The topological polar surface area (TPSA) is 79.7 Å². The number of aliphatic hydroxyl groups is 1. The molecule has 168 valence electrons. The van der Waals surface area contributed by atoms with Crippen LogP contribution in [0.5, 0.6) is 11.5 Å². The summed E-state index contributed by atoms with van der Waals surface area (Å²) in [7, 11) is 0. The van der Waals surface area contributed by atoms with Crippen molar-refractivity contribution in [3.8, 4) is 11.5 Å². The zero-order valence-corrected chi connectivity index (χ0v) is 18.8. The Morgan fingerprint density at radius 3 is 2.58 bits per heavy atom. The van der Waals surface area contributed by atoms with Crippen molar-refractivity contribution >= 4 is 5.82 Å². The van der Waals surface area contributed by atoms with Crippen LogP contribution >= 0.6 is 0 Å². The van der Waals surface area contributed by atoms with Crippen LogP contribution < -0.4 is 14.8 Å². The van der Waals surface area contributed by atoms with Crippen LogP contribution in [0.15, 0.2) is 30.7 Å². The molecular weight excluding hydrogens is 392 g/mol. The van der Waals surface area contributed by atoms with Gasteiger partial charge in [-0.1, -0.05) is 6.07 Å². The van der Waals surface area contributed by atoms with E-state index in [-0.39, 0.29) is 12.1 Å². The van der Waals surface area contributed by atoms with Crippen molar-refractivity contribution in [3.63, 3.8) is 0 Å². The number of hydrogen-bond donors (Lipinski definition) is 2. The second kappa shape index (κ2) is 9.83. The minimum Gasteiger partial charge on any atom is -0.493 e.